The summed E-state index contributed by atoms with van der Waals surface area (Å²) in [6.07, 6.45) is 23.9. The fraction of sp³-hybridized carbons (Fsp3) is 0.882. The van der Waals surface area contributed by atoms with Gasteiger partial charge in [0.05, 0.1) is 0 Å². The highest BCUT2D eigenvalue weighted by atomic mass is 19.1. The Morgan fingerprint density at radius 2 is 1.02 bits per heavy atom. The van der Waals surface area contributed by atoms with E-state index in [1.54, 1.807) is 0 Å². The molecule has 10 aliphatic rings. The van der Waals surface area contributed by atoms with Crippen LogP contribution in [0.2, 0.25) is 0 Å². The normalized spacial score (nSPS) is 43.6. The van der Waals surface area contributed by atoms with Gasteiger partial charge in [0.25, 0.3) is 0 Å². The van der Waals surface area contributed by atoms with Crippen molar-refractivity contribution in [2.75, 3.05) is 0 Å². The van der Waals surface area contributed by atoms with Crippen LogP contribution in [0.3, 0.4) is 0 Å². The maximum Gasteiger partial charge on any atom is 0.167 e. The van der Waals surface area contributed by atoms with Crippen LogP contribution >= 0.6 is 0 Å². The maximum absolute atomic E-state index is 14.3. The Balaban J connectivity index is 0.000000117. The van der Waals surface area contributed by atoms with E-state index in [0.29, 0.717) is 17.7 Å². The number of halogens is 1. The Morgan fingerprint density at radius 3 is 1.61 bits per heavy atom. The highest BCUT2D eigenvalue weighted by Gasteiger charge is 2.55. The molecule has 2 aromatic heterocycles. The molecule has 1 atom stereocenters. The molecule has 41 heavy (non-hydrogen) atoms. The first-order valence-electron chi connectivity index (χ1n) is 17.6. The number of fused-ring (bicyclic) bond motifs is 2. The zero-order valence-electron chi connectivity index (χ0n) is 25.0. The molecule has 12 rings (SSSR count). The summed E-state index contributed by atoms with van der Waals surface area (Å²) in [6.45, 7) is 2.11. The molecule has 0 aromatic carbocycles. The highest BCUT2D eigenvalue weighted by molar-refractivity contribution is 5.21. The van der Waals surface area contributed by atoms with Gasteiger partial charge >= 0.3 is 0 Å². The maximum atomic E-state index is 14.3. The van der Waals surface area contributed by atoms with E-state index in [1.165, 1.54) is 115 Å². The first kappa shape index (κ1) is 25.7. The largest absolute Gasteiger partial charge is 0.315 e. The van der Waals surface area contributed by atoms with Crippen molar-refractivity contribution in [1.82, 2.24) is 29.5 Å². The third-order valence-corrected chi connectivity index (χ3v) is 13.3. The standard InChI is InChI=1S/C17H24FN3.C17H25N3/c18-14-3-1-2-4-21-15(14)19-20-16(21)17-8-11-5-12(9-17)7-13(6-11)10-17;1-2-4-15-18-19-16(20(15)5-3-1)17-9-12-6-13(10-17)8-14(7-12)11-17/h11-14H,1-10H2;12-14H,1-11H2. The summed E-state index contributed by atoms with van der Waals surface area (Å²) < 4.78 is 19.0. The molecule has 4 heterocycles. The predicted molar refractivity (Wildman–Crippen MR) is 155 cm³/mol. The van der Waals surface area contributed by atoms with Crippen LogP contribution in [-0.2, 0) is 30.3 Å². The van der Waals surface area contributed by atoms with Gasteiger partial charge in [0.1, 0.15) is 17.5 Å². The molecular weight excluding hydrogens is 511 g/mol. The van der Waals surface area contributed by atoms with Gasteiger partial charge < -0.3 is 9.13 Å². The monoisotopic (exact) mass is 560 g/mol. The zero-order chi connectivity index (χ0) is 27.2. The van der Waals surface area contributed by atoms with Gasteiger partial charge in [-0.25, -0.2) is 4.39 Å². The second-order valence-corrected chi connectivity index (χ2v) is 16.3. The van der Waals surface area contributed by atoms with E-state index in [2.05, 4.69) is 24.4 Å². The van der Waals surface area contributed by atoms with Crippen molar-refractivity contribution >= 4 is 0 Å². The number of hydrogen-bond acceptors (Lipinski definition) is 4. The number of nitrogens with zero attached hydrogens (tertiary/aromatic N) is 6. The van der Waals surface area contributed by atoms with Gasteiger partial charge in [0.2, 0.25) is 0 Å². The molecule has 7 heteroatoms. The molecule has 222 valence electrons. The summed E-state index contributed by atoms with van der Waals surface area (Å²) in [5.74, 6) is 10.2. The van der Waals surface area contributed by atoms with Gasteiger partial charge in [-0.05, 0) is 145 Å². The molecule has 8 saturated carbocycles. The van der Waals surface area contributed by atoms with E-state index in [9.17, 15) is 4.39 Å². The van der Waals surface area contributed by atoms with Gasteiger partial charge in [-0.1, -0.05) is 6.42 Å². The molecule has 2 aliphatic heterocycles. The lowest BCUT2D eigenvalue weighted by Gasteiger charge is -2.56. The van der Waals surface area contributed by atoms with Crippen LogP contribution in [0, 0.1) is 35.5 Å². The van der Waals surface area contributed by atoms with Gasteiger partial charge in [-0.2, -0.15) is 0 Å². The van der Waals surface area contributed by atoms with Crippen LogP contribution in [0.15, 0.2) is 0 Å². The molecule has 6 nitrogen and oxygen atoms in total. The molecule has 0 saturated heterocycles. The second-order valence-electron chi connectivity index (χ2n) is 16.3. The van der Waals surface area contributed by atoms with Crippen molar-refractivity contribution in [2.45, 2.75) is 152 Å². The fourth-order valence-electron chi connectivity index (χ4n) is 12.5. The lowest BCUT2D eigenvalue weighted by atomic mass is 9.49. The minimum atomic E-state index is -0.900. The molecule has 8 aliphatic carbocycles. The summed E-state index contributed by atoms with van der Waals surface area (Å²) in [4.78, 5) is 0. The lowest BCUT2D eigenvalue weighted by molar-refractivity contribution is -0.0113. The number of rotatable bonds is 2. The molecular formula is C34H49FN6. The van der Waals surface area contributed by atoms with Crippen LogP contribution in [0.4, 0.5) is 4.39 Å². The van der Waals surface area contributed by atoms with Crippen molar-refractivity contribution in [3.05, 3.63) is 23.3 Å². The minimum absolute atomic E-state index is 0.240. The van der Waals surface area contributed by atoms with Crippen LogP contribution in [-0.4, -0.2) is 29.5 Å². The van der Waals surface area contributed by atoms with Crippen LogP contribution < -0.4 is 0 Å². The summed E-state index contributed by atoms with van der Waals surface area (Å²) >= 11 is 0. The molecule has 0 radical (unpaired) electrons. The van der Waals surface area contributed by atoms with Gasteiger partial charge in [-0.15, -0.1) is 20.4 Å². The van der Waals surface area contributed by atoms with Gasteiger partial charge in [0, 0.05) is 30.3 Å². The van der Waals surface area contributed by atoms with Crippen molar-refractivity contribution < 1.29 is 4.39 Å². The predicted octanol–water partition coefficient (Wildman–Crippen LogP) is 7.41. The molecule has 2 aromatic rings. The quantitative estimate of drug-likeness (QED) is 0.384. The van der Waals surface area contributed by atoms with Crippen LogP contribution in [0.5, 0.6) is 0 Å². The molecule has 8 fully saturated rings. The Labute approximate surface area is 244 Å². The van der Waals surface area contributed by atoms with Crippen molar-refractivity contribution in [3.8, 4) is 0 Å². The van der Waals surface area contributed by atoms with E-state index in [1.807, 2.05) is 0 Å². The van der Waals surface area contributed by atoms with E-state index in [4.69, 9.17) is 5.10 Å². The van der Waals surface area contributed by atoms with Crippen LogP contribution in [0.25, 0.3) is 0 Å². The Morgan fingerprint density at radius 1 is 0.537 bits per heavy atom. The Kier molecular flexibility index (Phi) is 6.02. The fourth-order valence-corrected chi connectivity index (χ4v) is 12.5. The van der Waals surface area contributed by atoms with Crippen molar-refractivity contribution in [2.24, 2.45) is 35.5 Å². The molecule has 0 amide bonds. The average Bonchev–Trinajstić information content (AvgIpc) is 3.42. The summed E-state index contributed by atoms with van der Waals surface area (Å²) in [7, 11) is 0. The number of aryl methyl sites for hydroxylation is 1. The van der Waals surface area contributed by atoms with Crippen LogP contribution in [0.1, 0.15) is 145 Å². The first-order valence-corrected chi connectivity index (χ1v) is 17.6. The molecule has 0 N–H and O–H groups in total. The third kappa shape index (κ3) is 4.20. The summed E-state index contributed by atoms with van der Waals surface area (Å²) in [6, 6.07) is 0. The lowest BCUT2D eigenvalue weighted by Crippen LogP contribution is -2.49. The number of aromatic nitrogens is 6. The second kappa shape index (κ2) is 9.61. The minimum Gasteiger partial charge on any atom is -0.315 e. The van der Waals surface area contributed by atoms with E-state index >= 15 is 0 Å². The number of alkyl halides is 1. The summed E-state index contributed by atoms with van der Waals surface area (Å²) in [5, 5.41) is 18.2. The first-order chi connectivity index (χ1) is 20.1. The van der Waals surface area contributed by atoms with E-state index in [-0.39, 0.29) is 5.41 Å². The van der Waals surface area contributed by atoms with Gasteiger partial charge in [-0.3, -0.25) is 0 Å². The third-order valence-electron chi connectivity index (χ3n) is 13.3. The number of hydrogen-bond donors (Lipinski definition) is 0. The SMILES string of the molecule is C1CCc2nnc(C34CC5CC(CC(C5)C3)C4)n2CC1.FC1CCCCn2c1nnc2C12CC3CC(CC(C3)C1)C2. The van der Waals surface area contributed by atoms with Crippen molar-refractivity contribution in [1.29, 1.82) is 0 Å². The zero-order valence-corrected chi connectivity index (χ0v) is 25.0. The molecule has 8 bridgehead atoms. The average molecular weight is 561 g/mol. The smallest absolute Gasteiger partial charge is 0.167 e. The molecule has 0 spiro atoms. The topological polar surface area (TPSA) is 61.4 Å². The van der Waals surface area contributed by atoms with Gasteiger partial charge in [0.15, 0.2) is 12.0 Å². The Hall–Kier alpha value is -1.79. The van der Waals surface area contributed by atoms with E-state index < -0.39 is 6.17 Å². The summed E-state index contributed by atoms with van der Waals surface area (Å²) in [5.41, 5.74) is 0.661. The highest BCUT2D eigenvalue weighted by Crippen LogP contribution is 2.61. The van der Waals surface area contributed by atoms with Crippen molar-refractivity contribution in [3.63, 3.8) is 0 Å². The van der Waals surface area contributed by atoms with E-state index in [0.717, 1.165) is 67.1 Å². The Bertz CT molecular complexity index is 1220. The molecule has 1 unspecified atom stereocenters.